The van der Waals surface area contributed by atoms with E-state index in [-0.39, 0.29) is 0 Å². The van der Waals surface area contributed by atoms with E-state index in [1.165, 1.54) is 49.7 Å². The standard InChI is InChI=1S/C54H38N4/c1-3-14-37(15-4-1)34-41-18-7-8-19-44(41)52-47(35-38-16-5-2-6-17-38)56-36-51-53(52)45-20-9-11-22-48(45)58(51)43-31-27-40(28-32-43)39-25-29-42(30-26-39)57-49-23-12-10-21-46(49)54-50(57)24-13-33-55-54/h1-33,36H,34-35H2. The molecule has 4 aromatic heterocycles. The lowest BCUT2D eigenvalue weighted by Gasteiger charge is -2.16. The van der Waals surface area contributed by atoms with Crippen LogP contribution in [0.3, 0.4) is 0 Å². The largest absolute Gasteiger partial charge is 0.308 e. The normalized spacial score (nSPS) is 11.6. The van der Waals surface area contributed by atoms with Gasteiger partial charge in [0.15, 0.2) is 0 Å². The summed E-state index contributed by atoms with van der Waals surface area (Å²) in [6.07, 6.45) is 5.55. The zero-order chi connectivity index (χ0) is 38.4. The first-order valence-corrected chi connectivity index (χ1v) is 19.9. The first-order valence-electron chi connectivity index (χ1n) is 19.9. The van der Waals surface area contributed by atoms with Gasteiger partial charge >= 0.3 is 0 Å². The van der Waals surface area contributed by atoms with Gasteiger partial charge in [-0.15, -0.1) is 0 Å². The topological polar surface area (TPSA) is 35.6 Å². The van der Waals surface area contributed by atoms with Crippen LogP contribution in [0.4, 0.5) is 0 Å². The molecule has 4 nitrogen and oxygen atoms in total. The fourth-order valence-corrected chi connectivity index (χ4v) is 8.89. The lowest BCUT2D eigenvalue weighted by atomic mass is 9.90. The Kier molecular flexibility index (Phi) is 8.25. The molecule has 4 heteroatoms. The van der Waals surface area contributed by atoms with Crippen LogP contribution in [-0.4, -0.2) is 19.1 Å². The van der Waals surface area contributed by atoms with E-state index >= 15 is 0 Å². The van der Waals surface area contributed by atoms with E-state index in [9.17, 15) is 0 Å². The van der Waals surface area contributed by atoms with Gasteiger partial charge in [-0.3, -0.25) is 9.97 Å². The molecular weight excluding hydrogens is 705 g/mol. The van der Waals surface area contributed by atoms with Gasteiger partial charge in [0.25, 0.3) is 0 Å². The number of hydrogen-bond acceptors (Lipinski definition) is 2. The van der Waals surface area contributed by atoms with Crippen molar-refractivity contribution in [1.82, 2.24) is 19.1 Å². The summed E-state index contributed by atoms with van der Waals surface area (Å²) in [6, 6.07) is 69.7. The summed E-state index contributed by atoms with van der Waals surface area (Å²) < 4.78 is 4.69. The minimum atomic E-state index is 0.743. The van der Waals surface area contributed by atoms with Gasteiger partial charge < -0.3 is 9.13 Å². The third-order valence-corrected chi connectivity index (χ3v) is 11.5. The molecule has 0 aliphatic heterocycles. The van der Waals surface area contributed by atoms with Crippen LogP contribution in [0.5, 0.6) is 0 Å². The molecule has 0 radical (unpaired) electrons. The molecule has 0 N–H and O–H groups in total. The van der Waals surface area contributed by atoms with Crippen molar-refractivity contribution in [3.8, 4) is 33.6 Å². The first kappa shape index (κ1) is 33.8. The number of fused-ring (bicyclic) bond motifs is 6. The summed E-state index contributed by atoms with van der Waals surface area (Å²) >= 11 is 0. The zero-order valence-corrected chi connectivity index (χ0v) is 31.8. The molecule has 11 rings (SSSR count). The highest BCUT2D eigenvalue weighted by molar-refractivity contribution is 6.16. The molecule has 4 heterocycles. The van der Waals surface area contributed by atoms with E-state index in [1.54, 1.807) is 0 Å². The molecule has 0 aliphatic carbocycles. The molecular formula is C54H38N4. The Morgan fingerprint density at radius 3 is 1.62 bits per heavy atom. The van der Waals surface area contributed by atoms with Crippen molar-refractivity contribution in [1.29, 1.82) is 0 Å². The van der Waals surface area contributed by atoms with Crippen LogP contribution < -0.4 is 0 Å². The van der Waals surface area contributed by atoms with Gasteiger partial charge in [-0.25, -0.2) is 0 Å². The van der Waals surface area contributed by atoms with E-state index in [4.69, 9.17) is 9.97 Å². The molecule has 274 valence electrons. The fraction of sp³-hybridized carbons (Fsp3) is 0.0370. The second-order valence-corrected chi connectivity index (χ2v) is 15.0. The van der Waals surface area contributed by atoms with Gasteiger partial charge in [-0.2, -0.15) is 0 Å². The fourth-order valence-electron chi connectivity index (χ4n) is 8.89. The second kappa shape index (κ2) is 14.2. The van der Waals surface area contributed by atoms with Gasteiger partial charge in [-0.1, -0.05) is 146 Å². The average Bonchev–Trinajstić information content (AvgIpc) is 3.81. The van der Waals surface area contributed by atoms with Gasteiger partial charge in [0, 0.05) is 45.7 Å². The molecule has 0 saturated heterocycles. The monoisotopic (exact) mass is 742 g/mol. The maximum atomic E-state index is 5.31. The third kappa shape index (κ3) is 5.77. The van der Waals surface area contributed by atoms with Gasteiger partial charge in [0.1, 0.15) is 0 Å². The highest BCUT2D eigenvalue weighted by Crippen LogP contribution is 2.42. The number of aromatic nitrogens is 4. The van der Waals surface area contributed by atoms with Crippen molar-refractivity contribution in [2.45, 2.75) is 12.8 Å². The molecule has 0 spiro atoms. The van der Waals surface area contributed by atoms with Crippen molar-refractivity contribution < 1.29 is 0 Å². The molecule has 7 aromatic carbocycles. The van der Waals surface area contributed by atoms with E-state index in [0.29, 0.717) is 0 Å². The number of hydrogen-bond donors (Lipinski definition) is 0. The molecule has 0 unspecified atom stereocenters. The summed E-state index contributed by atoms with van der Waals surface area (Å²) in [4.78, 5) is 10.0. The second-order valence-electron chi connectivity index (χ2n) is 15.0. The molecule has 58 heavy (non-hydrogen) atoms. The molecule has 11 aromatic rings. The SMILES string of the molecule is c1ccc(Cc2ccccc2-c2c(Cc3ccccc3)ncc3c2c2ccccc2n3-c2ccc(-c3ccc(-n4c5ccccc5c5ncccc54)cc3)cc2)cc1. The molecule has 0 bridgehead atoms. The Labute approximate surface area is 337 Å². The van der Waals surface area contributed by atoms with Crippen LogP contribution in [0.25, 0.3) is 77.4 Å². The Bertz CT molecular complexity index is 3200. The number of benzene rings is 7. The van der Waals surface area contributed by atoms with E-state index in [0.717, 1.165) is 62.9 Å². The summed E-state index contributed by atoms with van der Waals surface area (Å²) in [5.74, 6) is 0. The average molecular weight is 743 g/mol. The van der Waals surface area contributed by atoms with Crippen molar-refractivity contribution in [2.75, 3.05) is 0 Å². The number of rotatable bonds is 8. The van der Waals surface area contributed by atoms with Crippen LogP contribution in [-0.2, 0) is 12.8 Å². The van der Waals surface area contributed by atoms with Crippen LogP contribution in [0.2, 0.25) is 0 Å². The molecule has 0 saturated carbocycles. The van der Waals surface area contributed by atoms with Crippen LogP contribution in [0, 0.1) is 0 Å². The minimum absolute atomic E-state index is 0.743. The number of pyridine rings is 2. The van der Waals surface area contributed by atoms with E-state index < -0.39 is 0 Å². The summed E-state index contributed by atoms with van der Waals surface area (Å²) in [7, 11) is 0. The quantitative estimate of drug-likeness (QED) is 0.155. The Balaban J connectivity index is 1.03. The van der Waals surface area contributed by atoms with Gasteiger partial charge in [0.05, 0.1) is 39.5 Å². The van der Waals surface area contributed by atoms with Crippen molar-refractivity contribution in [3.63, 3.8) is 0 Å². The Morgan fingerprint density at radius 1 is 0.397 bits per heavy atom. The molecule has 0 fully saturated rings. The van der Waals surface area contributed by atoms with Gasteiger partial charge in [-0.05, 0) is 88.3 Å². The van der Waals surface area contributed by atoms with Crippen molar-refractivity contribution in [2.24, 2.45) is 0 Å². The van der Waals surface area contributed by atoms with Crippen molar-refractivity contribution >= 4 is 43.7 Å². The first-order chi connectivity index (χ1) is 28.8. The van der Waals surface area contributed by atoms with E-state index in [2.05, 4.69) is 203 Å². The predicted octanol–water partition coefficient (Wildman–Crippen LogP) is 13.2. The third-order valence-electron chi connectivity index (χ3n) is 11.5. The zero-order valence-electron chi connectivity index (χ0n) is 31.8. The van der Waals surface area contributed by atoms with Crippen molar-refractivity contribution in [3.05, 3.63) is 229 Å². The highest BCUT2D eigenvalue weighted by atomic mass is 15.0. The summed E-state index contributed by atoms with van der Waals surface area (Å²) in [6.45, 7) is 0. The summed E-state index contributed by atoms with van der Waals surface area (Å²) in [5, 5.41) is 3.62. The molecule has 0 aliphatic rings. The maximum absolute atomic E-state index is 5.31. The Morgan fingerprint density at radius 2 is 0.931 bits per heavy atom. The number of para-hydroxylation sites is 2. The smallest absolute Gasteiger partial charge is 0.0963 e. The highest BCUT2D eigenvalue weighted by Gasteiger charge is 2.22. The molecule has 0 atom stereocenters. The lowest BCUT2D eigenvalue weighted by Crippen LogP contribution is -2.01. The molecule has 0 amide bonds. The Hall–Kier alpha value is -7.56. The minimum Gasteiger partial charge on any atom is -0.308 e. The van der Waals surface area contributed by atoms with E-state index in [1.807, 2.05) is 12.3 Å². The van der Waals surface area contributed by atoms with Crippen LogP contribution >= 0.6 is 0 Å². The predicted molar refractivity (Wildman–Crippen MR) is 240 cm³/mol. The van der Waals surface area contributed by atoms with Crippen LogP contribution in [0.15, 0.2) is 207 Å². The maximum Gasteiger partial charge on any atom is 0.0963 e. The summed E-state index contributed by atoms with van der Waals surface area (Å²) in [5.41, 5.74) is 17.4. The lowest BCUT2D eigenvalue weighted by molar-refractivity contribution is 1.07. The van der Waals surface area contributed by atoms with Gasteiger partial charge in [0.2, 0.25) is 0 Å². The number of nitrogens with zero attached hydrogens (tertiary/aromatic N) is 4. The van der Waals surface area contributed by atoms with Crippen LogP contribution in [0.1, 0.15) is 22.4 Å².